The highest BCUT2D eigenvalue weighted by Gasteiger charge is 2.19. The number of methoxy groups -OCH3 is 1. The predicted molar refractivity (Wildman–Crippen MR) is 72.3 cm³/mol. The zero-order valence-corrected chi connectivity index (χ0v) is 10.9. The van der Waals surface area contributed by atoms with E-state index in [4.69, 9.17) is 4.74 Å². The molecule has 1 aromatic rings. The Morgan fingerprint density at radius 2 is 2.05 bits per heavy atom. The second kappa shape index (κ2) is 8.05. The van der Waals surface area contributed by atoms with Gasteiger partial charge in [-0.1, -0.05) is 36.9 Å². The molecule has 0 aliphatic carbocycles. The number of carbonyl (C=O) groups excluding carboxylic acids is 2. The lowest BCUT2D eigenvalue weighted by molar-refractivity contribution is -0.128. The topological polar surface area (TPSA) is 67.4 Å². The van der Waals surface area contributed by atoms with Gasteiger partial charge in [-0.15, -0.1) is 0 Å². The molecule has 0 bridgehead atoms. The van der Waals surface area contributed by atoms with Crippen LogP contribution in [0.2, 0.25) is 0 Å². The Labute approximate surface area is 112 Å². The number of hydrogen-bond acceptors (Lipinski definition) is 3. The van der Waals surface area contributed by atoms with E-state index in [1.807, 2.05) is 30.3 Å². The Morgan fingerprint density at radius 1 is 1.37 bits per heavy atom. The van der Waals surface area contributed by atoms with E-state index in [1.54, 1.807) is 0 Å². The Kier molecular flexibility index (Phi) is 6.32. The maximum atomic E-state index is 11.9. The molecule has 2 N–H and O–H groups in total. The standard InChI is InChI=1S/C14H18N2O3/c1-3-13(17)16-12(10-19-2)14(18)15-9-11-7-5-4-6-8-11/h3-8,12H,1,9-10H2,2H3,(H,15,18)(H,16,17)/t12-/m1/s1. The van der Waals surface area contributed by atoms with Gasteiger partial charge in [-0.3, -0.25) is 9.59 Å². The third-order valence-electron chi connectivity index (χ3n) is 2.46. The Hall–Kier alpha value is -2.14. The molecule has 102 valence electrons. The van der Waals surface area contributed by atoms with Crippen LogP contribution in [0, 0.1) is 0 Å². The van der Waals surface area contributed by atoms with E-state index in [-0.39, 0.29) is 12.5 Å². The maximum Gasteiger partial charge on any atom is 0.245 e. The molecule has 0 aromatic heterocycles. The van der Waals surface area contributed by atoms with Crippen LogP contribution in [0.5, 0.6) is 0 Å². The van der Waals surface area contributed by atoms with Gasteiger partial charge in [0.2, 0.25) is 11.8 Å². The number of rotatable bonds is 7. The Bertz CT molecular complexity index is 432. The summed E-state index contributed by atoms with van der Waals surface area (Å²) in [5, 5.41) is 5.25. The average Bonchev–Trinajstić information content (AvgIpc) is 2.45. The van der Waals surface area contributed by atoms with E-state index in [9.17, 15) is 9.59 Å². The minimum absolute atomic E-state index is 0.111. The van der Waals surface area contributed by atoms with E-state index in [0.717, 1.165) is 11.6 Å². The van der Waals surface area contributed by atoms with Crippen LogP contribution in [0.1, 0.15) is 5.56 Å². The highest BCUT2D eigenvalue weighted by Crippen LogP contribution is 1.98. The van der Waals surface area contributed by atoms with Crippen molar-refractivity contribution >= 4 is 11.8 Å². The van der Waals surface area contributed by atoms with Crippen LogP contribution in [0.25, 0.3) is 0 Å². The van der Waals surface area contributed by atoms with Crippen LogP contribution in [0.15, 0.2) is 43.0 Å². The van der Waals surface area contributed by atoms with Crippen molar-refractivity contribution in [3.05, 3.63) is 48.6 Å². The van der Waals surface area contributed by atoms with Crippen molar-refractivity contribution in [2.45, 2.75) is 12.6 Å². The first-order valence-electron chi connectivity index (χ1n) is 5.91. The molecule has 0 radical (unpaired) electrons. The molecule has 1 rings (SSSR count). The third kappa shape index (κ3) is 5.35. The average molecular weight is 262 g/mol. The molecule has 0 heterocycles. The second-order valence-electron chi connectivity index (χ2n) is 3.92. The van der Waals surface area contributed by atoms with E-state index in [0.29, 0.717) is 6.54 Å². The lowest BCUT2D eigenvalue weighted by atomic mass is 10.2. The molecule has 2 amide bonds. The SMILES string of the molecule is C=CC(=O)N[C@H](COC)C(=O)NCc1ccccc1. The number of hydrogen-bond donors (Lipinski definition) is 2. The van der Waals surface area contributed by atoms with Crippen molar-refractivity contribution in [3.8, 4) is 0 Å². The van der Waals surface area contributed by atoms with Crippen LogP contribution < -0.4 is 10.6 Å². The molecular weight excluding hydrogens is 244 g/mol. The van der Waals surface area contributed by atoms with Crippen molar-refractivity contribution in [1.29, 1.82) is 0 Å². The monoisotopic (exact) mass is 262 g/mol. The molecular formula is C14H18N2O3. The molecule has 0 spiro atoms. The summed E-state index contributed by atoms with van der Waals surface area (Å²) in [5.41, 5.74) is 0.988. The van der Waals surface area contributed by atoms with Crippen LogP contribution in [-0.2, 0) is 20.9 Å². The second-order valence-corrected chi connectivity index (χ2v) is 3.92. The van der Waals surface area contributed by atoms with Gasteiger partial charge in [-0.05, 0) is 11.6 Å². The zero-order chi connectivity index (χ0) is 14.1. The van der Waals surface area contributed by atoms with Crippen molar-refractivity contribution in [3.63, 3.8) is 0 Å². The summed E-state index contributed by atoms with van der Waals surface area (Å²) in [6.07, 6.45) is 1.12. The maximum absolute atomic E-state index is 11.9. The minimum atomic E-state index is -0.723. The number of amides is 2. The van der Waals surface area contributed by atoms with Crippen molar-refractivity contribution in [1.82, 2.24) is 10.6 Å². The molecule has 0 saturated heterocycles. The fraction of sp³-hybridized carbons (Fsp3) is 0.286. The molecule has 0 fully saturated rings. The van der Waals surface area contributed by atoms with Gasteiger partial charge >= 0.3 is 0 Å². The first-order chi connectivity index (χ1) is 9.17. The van der Waals surface area contributed by atoms with Crippen LogP contribution in [-0.4, -0.2) is 31.6 Å². The molecule has 0 unspecified atom stereocenters. The summed E-state index contributed by atoms with van der Waals surface area (Å²) in [5.74, 6) is -0.696. The van der Waals surface area contributed by atoms with Gasteiger partial charge in [0.25, 0.3) is 0 Å². The summed E-state index contributed by atoms with van der Waals surface area (Å²) in [7, 11) is 1.47. The fourth-order valence-electron chi connectivity index (χ4n) is 1.49. The quantitative estimate of drug-likeness (QED) is 0.708. The van der Waals surface area contributed by atoms with Gasteiger partial charge in [-0.25, -0.2) is 0 Å². The first-order valence-corrected chi connectivity index (χ1v) is 5.91. The number of nitrogens with one attached hydrogen (secondary N) is 2. The molecule has 0 aliphatic heterocycles. The van der Waals surface area contributed by atoms with Crippen LogP contribution in [0.3, 0.4) is 0 Å². The van der Waals surface area contributed by atoms with Gasteiger partial charge in [0.1, 0.15) is 6.04 Å². The highest BCUT2D eigenvalue weighted by molar-refractivity contribution is 5.92. The lowest BCUT2D eigenvalue weighted by Gasteiger charge is -2.16. The van der Waals surface area contributed by atoms with Crippen LogP contribution in [0.4, 0.5) is 0 Å². The van der Waals surface area contributed by atoms with Gasteiger partial charge in [0.15, 0.2) is 0 Å². The highest BCUT2D eigenvalue weighted by atomic mass is 16.5. The predicted octanol–water partition coefficient (Wildman–Crippen LogP) is 0.620. The summed E-state index contributed by atoms with van der Waals surface area (Å²) >= 11 is 0. The third-order valence-corrected chi connectivity index (χ3v) is 2.46. The number of carbonyl (C=O) groups is 2. The molecule has 0 saturated carbocycles. The van der Waals surface area contributed by atoms with Gasteiger partial charge in [0.05, 0.1) is 6.61 Å². The van der Waals surface area contributed by atoms with E-state index in [1.165, 1.54) is 7.11 Å². The van der Waals surface area contributed by atoms with Gasteiger partial charge in [-0.2, -0.15) is 0 Å². The van der Waals surface area contributed by atoms with Gasteiger partial charge < -0.3 is 15.4 Å². The molecule has 5 nitrogen and oxygen atoms in total. The molecule has 19 heavy (non-hydrogen) atoms. The fourth-order valence-corrected chi connectivity index (χ4v) is 1.49. The summed E-state index contributed by atoms with van der Waals surface area (Å²) in [6, 6.07) is 8.80. The Balaban J connectivity index is 2.52. The molecule has 5 heteroatoms. The lowest BCUT2D eigenvalue weighted by Crippen LogP contribution is -2.48. The smallest absolute Gasteiger partial charge is 0.245 e. The van der Waals surface area contributed by atoms with Gasteiger partial charge in [0, 0.05) is 13.7 Å². The Morgan fingerprint density at radius 3 is 2.63 bits per heavy atom. The molecule has 1 aromatic carbocycles. The zero-order valence-electron chi connectivity index (χ0n) is 10.9. The van der Waals surface area contributed by atoms with E-state index >= 15 is 0 Å². The first kappa shape index (κ1) is 14.9. The van der Waals surface area contributed by atoms with E-state index < -0.39 is 11.9 Å². The summed E-state index contributed by atoms with van der Waals surface area (Å²) < 4.78 is 4.91. The van der Waals surface area contributed by atoms with E-state index in [2.05, 4.69) is 17.2 Å². The normalized spacial score (nSPS) is 11.4. The van der Waals surface area contributed by atoms with Crippen molar-refractivity contribution in [2.24, 2.45) is 0 Å². The number of benzene rings is 1. The molecule has 1 atom stereocenters. The largest absolute Gasteiger partial charge is 0.382 e. The number of ether oxygens (including phenoxy) is 1. The van der Waals surface area contributed by atoms with Crippen LogP contribution >= 0.6 is 0 Å². The summed E-state index contributed by atoms with van der Waals surface area (Å²) in [6.45, 7) is 3.86. The van der Waals surface area contributed by atoms with Crippen molar-refractivity contribution < 1.29 is 14.3 Å². The van der Waals surface area contributed by atoms with Crippen molar-refractivity contribution in [2.75, 3.05) is 13.7 Å². The summed E-state index contributed by atoms with van der Waals surface area (Å²) in [4.78, 5) is 23.1. The minimum Gasteiger partial charge on any atom is -0.382 e. The molecule has 0 aliphatic rings.